The van der Waals surface area contributed by atoms with Crippen LogP contribution in [0.15, 0.2) is 35.7 Å². The number of carbonyl (C=O) groups excluding carboxylic acids is 1. The quantitative estimate of drug-likeness (QED) is 0.493. The molecule has 1 amide bonds. The van der Waals surface area contributed by atoms with Gasteiger partial charge < -0.3 is 10.4 Å². The Hall–Kier alpha value is -2.78. The molecule has 3 aromatic rings. The maximum atomic E-state index is 12.1. The largest absolute Gasteiger partial charge is 0.502 e. The van der Waals surface area contributed by atoms with E-state index >= 15 is 0 Å². The number of amides is 1. The van der Waals surface area contributed by atoms with Gasteiger partial charge in [-0.2, -0.15) is 0 Å². The van der Waals surface area contributed by atoms with Crippen LogP contribution >= 0.6 is 22.7 Å². The van der Waals surface area contributed by atoms with Crippen molar-refractivity contribution in [1.29, 1.82) is 0 Å². The lowest BCUT2D eigenvalue weighted by molar-refractivity contribution is -0.385. The molecule has 2 heterocycles. The molecule has 7 nitrogen and oxygen atoms in total. The lowest BCUT2D eigenvalue weighted by Crippen LogP contribution is -2.25. The number of rotatable bonds is 6. The summed E-state index contributed by atoms with van der Waals surface area (Å²) in [6.07, 6.45) is 0.665. The molecule has 0 aliphatic carbocycles. The average Bonchev–Trinajstić information content (AvgIpc) is 3.23. The fourth-order valence-corrected chi connectivity index (χ4v) is 4.00. The zero-order valence-corrected chi connectivity index (χ0v) is 15.4. The van der Waals surface area contributed by atoms with E-state index in [1.165, 1.54) is 6.07 Å². The zero-order chi connectivity index (χ0) is 18.7. The Morgan fingerprint density at radius 3 is 2.81 bits per heavy atom. The molecule has 0 bridgehead atoms. The summed E-state index contributed by atoms with van der Waals surface area (Å²) in [5.74, 6) is -0.911. The highest BCUT2D eigenvalue weighted by Gasteiger charge is 2.16. The third kappa shape index (κ3) is 4.06. The molecule has 0 unspecified atom stereocenters. The second-order valence-corrected chi connectivity index (χ2v) is 7.71. The van der Waals surface area contributed by atoms with Crippen molar-refractivity contribution in [3.8, 4) is 16.3 Å². The Bertz CT molecular complexity index is 965. The van der Waals surface area contributed by atoms with E-state index in [9.17, 15) is 20.0 Å². The molecular weight excluding hydrogens is 374 g/mol. The van der Waals surface area contributed by atoms with E-state index in [4.69, 9.17) is 0 Å². The number of phenols is 1. The van der Waals surface area contributed by atoms with E-state index in [0.717, 1.165) is 32.6 Å². The van der Waals surface area contributed by atoms with Gasteiger partial charge in [0.15, 0.2) is 5.75 Å². The molecule has 0 radical (unpaired) electrons. The molecule has 26 heavy (non-hydrogen) atoms. The summed E-state index contributed by atoms with van der Waals surface area (Å²) in [5, 5.41) is 26.1. The zero-order valence-electron chi connectivity index (χ0n) is 13.8. The van der Waals surface area contributed by atoms with Gasteiger partial charge >= 0.3 is 5.69 Å². The number of nitrogens with one attached hydrogen (secondary N) is 1. The number of nitrogens with zero attached hydrogens (tertiary/aromatic N) is 2. The van der Waals surface area contributed by atoms with Crippen LogP contribution in [0.5, 0.6) is 5.75 Å². The number of hydrogen-bond donors (Lipinski definition) is 2. The summed E-state index contributed by atoms with van der Waals surface area (Å²) in [6, 6.07) is 7.57. The second kappa shape index (κ2) is 7.63. The Labute approximate surface area is 157 Å². The van der Waals surface area contributed by atoms with E-state index in [2.05, 4.69) is 10.3 Å². The molecule has 0 aliphatic heterocycles. The number of nitro groups is 1. The normalized spacial score (nSPS) is 10.7. The lowest BCUT2D eigenvalue weighted by Gasteiger charge is -2.05. The van der Waals surface area contributed by atoms with E-state index in [0.29, 0.717) is 13.0 Å². The molecule has 0 aliphatic rings. The minimum absolute atomic E-state index is 0.179. The Morgan fingerprint density at radius 1 is 1.35 bits per heavy atom. The molecule has 134 valence electrons. The minimum Gasteiger partial charge on any atom is -0.502 e. The fourth-order valence-electron chi connectivity index (χ4n) is 2.35. The number of aryl methyl sites for hydroxylation is 1. The first-order chi connectivity index (χ1) is 12.4. The highest BCUT2D eigenvalue weighted by Crippen LogP contribution is 2.29. The molecule has 3 rings (SSSR count). The van der Waals surface area contributed by atoms with E-state index < -0.39 is 16.4 Å². The lowest BCUT2D eigenvalue weighted by atomic mass is 10.1. The standard InChI is InChI=1S/C17H15N3O4S2/c1-10-19-13(9-25-10)16-5-3-12(26-16)6-7-18-17(22)11-2-4-14(20(23)24)15(21)8-11/h2-5,8-9,21H,6-7H2,1H3,(H,18,22). The second-order valence-electron chi connectivity index (χ2n) is 5.48. The van der Waals surface area contributed by atoms with Crippen molar-refractivity contribution in [3.05, 3.63) is 61.3 Å². The Balaban J connectivity index is 1.56. The maximum Gasteiger partial charge on any atom is 0.310 e. The van der Waals surface area contributed by atoms with Crippen molar-refractivity contribution >= 4 is 34.3 Å². The number of aromatic nitrogens is 1. The molecule has 0 fully saturated rings. The van der Waals surface area contributed by atoms with Crippen LogP contribution in [0.1, 0.15) is 20.2 Å². The van der Waals surface area contributed by atoms with Crippen LogP contribution in [0.3, 0.4) is 0 Å². The van der Waals surface area contributed by atoms with Gasteiger partial charge in [-0.1, -0.05) is 0 Å². The van der Waals surface area contributed by atoms with E-state index in [1.54, 1.807) is 22.7 Å². The summed E-state index contributed by atoms with van der Waals surface area (Å²) in [7, 11) is 0. The number of thiophene rings is 1. The first-order valence-corrected chi connectivity index (χ1v) is 9.40. The smallest absolute Gasteiger partial charge is 0.310 e. The monoisotopic (exact) mass is 389 g/mol. The van der Waals surface area contributed by atoms with Crippen LogP contribution < -0.4 is 5.32 Å². The van der Waals surface area contributed by atoms with Gasteiger partial charge in [-0.25, -0.2) is 4.98 Å². The number of carbonyl (C=O) groups is 1. The molecule has 9 heteroatoms. The number of hydrogen-bond acceptors (Lipinski definition) is 7. The van der Waals surface area contributed by atoms with Crippen LogP contribution in [0.4, 0.5) is 5.69 Å². The van der Waals surface area contributed by atoms with Crippen LogP contribution in [0, 0.1) is 17.0 Å². The molecule has 1 aromatic carbocycles. The van der Waals surface area contributed by atoms with Gasteiger partial charge in [0.1, 0.15) is 0 Å². The summed E-state index contributed by atoms with van der Waals surface area (Å²) in [4.78, 5) is 28.8. The van der Waals surface area contributed by atoms with E-state index in [-0.39, 0.29) is 11.5 Å². The van der Waals surface area contributed by atoms with Gasteiger partial charge in [-0.15, -0.1) is 22.7 Å². The summed E-state index contributed by atoms with van der Waals surface area (Å²) < 4.78 is 0. The molecular formula is C17H15N3O4S2. The molecule has 0 spiro atoms. The molecule has 2 N–H and O–H groups in total. The molecule has 0 saturated carbocycles. The van der Waals surface area contributed by atoms with Crippen molar-refractivity contribution in [2.75, 3.05) is 6.54 Å². The van der Waals surface area contributed by atoms with Gasteiger partial charge in [0, 0.05) is 28.4 Å². The third-order valence-corrected chi connectivity index (χ3v) is 5.57. The van der Waals surface area contributed by atoms with Crippen molar-refractivity contribution in [2.24, 2.45) is 0 Å². The average molecular weight is 389 g/mol. The molecule has 0 atom stereocenters. The molecule has 0 saturated heterocycles. The first-order valence-electron chi connectivity index (χ1n) is 7.71. The number of benzene rings is 1. The van der Waals surface area contributed by atoms with Gasteiger partial charge in [-0.05, 0) is 37.6 Å². The summed E-state index contributed by atoms with van der Waals surface area (Å²) >= 11 is 3.24. The Kier molecular flexibility index (Phi) is 5.29. The number of nitro benzene ring substituents is 1. The van der Waals surface area contributed by atoms with Crippen molar-refractivity contribution in [2.45, 2.75) is 13.3 Å². The number of aromatic hydroxyl groups is 1. The van der Waals surface area contributed by atoms with Gasteiger partial charge in [0.2, 0.25) is 0 Å². The fraction of sp³-hybridized carbons (Fsp3) is 0.176. The SMILES string of the molecule is Cc1nc(-c2ccc(CCNC(=O)c3ccc([N+](=O)[O-])c(O)c3)s2)cs1. The minimum atomic E-state index is -0.699. The van der Waals surface area contributed by atoms with Gasteiger partial charge in [0.25, 0.3) is 5.91 Å². The summed E-state index contributed by atoms with van der Waals surface area (Å²) in [6.45, 7) is 2.39. The van der Waals surface area contributed by atoms with Gasteiger partial charge in [-0.3, -0.25) is 14.9 Å². The predicted molar refractivity (Wildman–Crippen MR) is 101 cm³/mol. The summed E-state index contributed by atoms with van der Waals surface area (Å²) in [5.41, 5.74) is 0.719. The predicted octanol–water partition coefficient (Wildman–Crippen LogP) is 3.77. The van der Waals surface area contributed by atoms with Crippen LogP contribution in [0.25, 0.3) is 10.6 Å². The number of phenolic OH excluding ortho intramolecular Hbond substituents is 1. The Morgan fingerprint density at radius 2 is 2.15 bits per heavy atom. The van der Waals surface area contributed by atoms with Crippen LogP contribution in [-0.2, 0) is 6.42 Å². The highest BCUT2D eigenvalue weighted by molar-refractivity contribution is 7.16. The third-order valence-electron chi connectivity index (χ3n) is 3.62. The van der Waals surface area contributed by atoms with Crippen molar-refractivity contribution < 1.29 is 14.8 Å². The van der Waals surface area contributed by atoms with E-state index in [1.807, 2.05) is 24.4 Å². The first kappa shape index (κ1) is 18.0. The van der Waals surface area contributed by atoms with Gasteiger partial charge in [0.05, 0.1) is 20.5 Å². The highest BCUT2D eigenvalue weighted by atomic mass is 32.1. The number of thiazole rings is 1. The van der Waals surface area contributed by atoms with Crippen molar-refractivity contribution in [3.63, 3.8) is 0 Å². The molecule has 2 aromatic heterocycles. The maximum absolute atomic E-state index is 12.1. The van der Waals surface area contributed by atoms with Crippen LogP contribution in [0.2, 0.25) is 0 Å². The van der Waals surface area contributed by atoms with Crippen molar-refractivity contribution in [1.82, 2.24) is 10.3 Å². The topological polar surface area (TPSA) is 105 Å². The van der Waals surface area contributed by atoms with Crippen LogP contribution in [-0.4, -0.2) is 27.5 Å².